The highest BCUT2D eigenvalue weighted by atomic mass is 16.5. The van der Waals surface area contributed by atoms with Gasteiger partial charge >= 0.3 is 0 Å². The molecule has 0 bridgehead atoms. The second-order valence-electron chi connectivity index (χ2n) is 8.31. The summed E-state index contributed by atoms with van der Waals surface area (Å²) in [6.07, 6.45) is 5.53. The number of fused-ring (bicyclic) bond motifs is 1. The predicted molar refractivity (Wildman–Crippen MR) is 128 cm³/mol. The van der Waals surface area contributed by atoms with Gasteiger partial charge in [0.25, 0.3) is 5.91 Å². The Labute approximate surface area is 193 Å². The van der Waals surface area contributed by atoms with Crippen molar-refractivity contribution < 1.29 is 9.53 Å². The predicted octanol–water partition coefficient (Wildman–Crippen LogP) is 4.53. The van der Waals surface area contributed by atoms with Crippen LogP contribution in [-0.2, 0) is 6.54 Å². The van der Waals surface area contributed by atoms with Crippen molar-refractivity contribution in [2.45, 2.75) is 25.4 Å². The molecule has 2 aromatic heterocycles. The molecule has 5 rings (SSSR count). The van der Waals surface area contributed by atoms with Gasteiger partial charge in [0.15, 0.2) is 0 Å². The fourth-order valence-corrected chi connectivity index (χ4v) is 4.59. The molecular formula is C26H27N5O2. The Hall–Kier alpha value is -3.71. The van der Waals surface area contributed by atoms with Gasteiger partial charge < -0.3 is 10.1 Å². The zero-order valence-electron chi connectivity index (χ0n) is 18.6. The van der Waals surface area contributed by atoms with E-state index in [1.165, 1.54) is 10.9 Å². The summed E-state index contributed by atoms with van der Waals surface area (Å²) in [6, 6.07) is 19.8. The van der Waals surface area contributed by atoms with Gasteiger partial charge in [0.2, 0.25) is 0 Å². The van der Waals surface area contributed by atoms with E-state index in [1.807, 2.05) is 35.1 Å². The Morgan fingerprint density at radius 1 is 1.03 bits per heavy atom. The van der Waals surface area contributed by atoms with Crippen LogP contribution in [0.5, 0.6) is 5.75 Å². The molecule has 0 aliphatic carbocycles. The molecule has 1 aliphatic rings. The minimum atomic E-state index is -0.198. The number of para-hydroxylation sites is 1. The summed E-state index contributed by atoms with van der Waals surface area (Å²) in [5.41, 5.74) is 2.85. The van der Waals surface area contributed by atoms with E-state index in [0.717, 1.165) is 38.0 Å². The van der Waals surface area contributed by atoms with E-state index >= 15 is 0 Å². The largest absolute Gasteiger partial charge is 0.496 e. The number of methoxy groups -OCH3 is 1. The van der Waals surface area contributed by atoms with Crippen molar-refractivity contribution in [1.82, 2.24) is 19.7 Å². The first-order valence-corrected chi connectivity index (χ1v) is 11.3. The number of hydrogen-bond donors (Lipinski definition) is 1. The van der Waals surface area contributed by atoms with Crippen LogP contribution >= 0.6 is 0 Å². The van der Waals surface area contributed by atoms with Crippen molar-refractivity contribution in [2.75, 3.05) is 25.5 Å². The number of pyridine rings is 1. The number of rotatable bonds is 6. The molecule has 7 heteroatoms. The van der Waals surface area contributed by atoms with Crippen LogP contribution in [0.15, 0.2) is 73.1 Å². The van der Waals surface area contributed by atoms with Gasteiger partial charge in [-0.15, -0.1) is 0 Å². The molecule has 33 heavy (non-hydrogen) atoms. The number of nitrogens with one attached hydrogen (secondary N) is 1. The molecule has 1 amide bonds. The number of anilines is 1. The number of carbonyl (C=O) groups excluding carboxylic acids is 1. The van der Waals surface area contributed by atoms with Crippen LogP contribution < -0.4 is 10.1 Å². The zero-order chi connectivity index (χ0) is 22.6. The number of carbonyl (C=O) groups is 1. The smallest absolute Gasteiger partial charge is 0.260 e. The van der Waals surface area contributed by atoms with Crippen molar-refractivity contribution in [1.29, 1.82) is 0 Å². The first kappa shape index (κ1) is 21.2. The molecule has 7 nitrogen and oxygen atoms in total. The first-order chi connectivity index (χ1) is 16.2. The van der Waals surface area contributed by atoms with Gasteiger partial charge in [-0.3, -0.25) is 14.7 Å². The SMILES string of the molecule is COc1ccccc1C(=O)Nc1ccnn1C1CCN(Cc2cccc3ncccc23)CC1. The number of nitrogens with zero attached hydrogens (tertiary/aromatic N) is 4. The van der Waals surface area contributed by atoms with Crippen molar-refractivity contribution in [3.05, 3.63) is 84.2 Å². The van der Waals surface area contributed by atoms with E-state index in [0.29, 0.717) is 17.1 Å². The molecule has 1 aliphatic heterocycles. The fourth-order valence-electron chi connectivity index (χ4n) is 4.59. The minimum Gasteiger partial charge on any atom is -0.496 e. The second-order valence-corrected chi connectivity index (χ2v) is 8.31. The number of piperidine rings is 1. The van der Waals surface area contributed by atoms with E-state index in [2.05, 4.69) is 44.6 Å². The normalized spacial score (nSPS) is 14.9. The van der Waals surface area contributed by atoms with Crippen LogP contribution in [0, 0.1) is 0 Å². The van der Waals surface area contributed by atoms with E-state index in [4.69, 9.17) is 4.74 Å². The molecule has 1 saturated heterocycles. The van der Waals surface area contributed by atoms with Crippen LogP contribution in [0.1, 0.15) is 34.8 Å². The Morgan fingerprint density at radius 3 is 2.73 bits per heavy atom. The summed E-state index contributed by atoms with van der Waals surface area (Å²) >= 11 is 0. The summed E-state index contributed by atoms with van der Waals surface area (Å²) in [6.45, 7) is 2.86. The molecule has 2 aromatic carbocycles. The van der Waals surface area contributed by atoms with E-state index < -0.39 is 0 Å². The molecule has 0 atom stereocenters. The summed E-state index contributed by atoms with van der Waals surface area (Å²) in [5.74, 6) is 1.07. The van der Waals surface area contributed by atoms with Gasteiger partial charge in [-0.1, -0.05) is 30.3 Å². The topological polar surface area (TPSA) is 72.3 Å². The molecule has 3 heterocycles. The van der Waals surface area contributed by atoms with Crippen LogP contribution in [0.3, 0.4) is 0 Å². The summed E-state index contributed by atoms with van der Waals surface area (Å²) in [7, 11) is 1.57. The molecule has 0 saturated carbocycles. The van der Waals surface area contributed by atoms with Crippen molar-refractivity contribution in [2.24, 2.45) is 0 Å². The maximum absolute atomic E-state index is 12.8. The van der Waals surface area contributed by atoms with Crippen LogP contribution in [0.4, 0.5) is 5.82 Å². The lowest BCUT2D eigenvalue weighted by atomic mass is 10.0. The number of aromatic nitrogens is 3. The van der Waals surface area contributed by atoms with Gasteiger partial charge in [0.1, 0.15) is 11.6 Å². The van der Waals surface area contributed by atoms with Crippen molar-refractivity contribution >= 4 is 22.6 Å². The van der Waals surface area contributed by atoms with Gasteiger partial charge in [0, 0.05) is 37.3 Å². The average molecular weight is 442 g/mol. The third kappa shape index (κ3) is 4.45. The Bertz CT molecular complexity index is 1260. The minimum absolute atomic E-state index is 0.198. The van der Waals surface area contributed by atoms with Crippen LogP contribution in [0.25, 0.3) is 10.9 Å². The van der Waals surface area contributed by atoms with Gasteiger partial charge in [0.05, 0.1) is 30.4 Å². The molecule has 1 fully saturated rings. The maximum atomic E-state index is 12.8. The second kappa shape index (κ2) is 9.42. The molecule has 0 spiro atoms. The fraction of sp³-hybridized carbons (Fsp3) is 0.269. The van der Waals surface area contributed by atoms with Gasteiger partial charge in [-0.25, -0.2) is 4.68 Å². The molecule has 0 radical (unpaired) electrons. The van der Waals surface area contributed by atoms with Gasteiger partial charge in [-0.2, -0.15) is 5.10 Å². The monoisotopic (exact) mass is 441 g/mol. The molecule has 4 aromatic rings. The summed E-state index contributed by atoms with van der Waals surface area (Å²) in [4.78, 5) is 19.8. The standard InChI is InChI=1S/C26H27N5O2/c1-33-24-10-3-2-7-22(24)26(32)29-25-11-15-28-31(25)20-12-16-30(17-13-20)18-19-6-4-9-23-21(19)8-5-14-27-23/h2-11,14-15,20H,12-13,16-18H2,1H3,(H,29,32). The summed E-state index contributed by atoms with van der Waals surface area (Å²) in [5, 5.41) is 8.75. The lowest BCUT2D eigenvalue weighted by Crippen LogP contribution is -2.35. The van der Waals surface area contributed by atoms with Crippen molar-refractivity contribution in [3.8, 4) is 5.75 Å². The lowest BCUT2D eigenvalue weighted by Gasteiger charge is -2.33. The number of ether oxygens (including phenoxy) is 1. The van der Waals surface area contributed by atoms with Crippen LogP contribution in [0.2, 0.25) is 0 Å². The number of amides is 1. The first-order valence-electron chi connectivity index (χ1n) is 11.3. The van der Waals surface area contributed by atoms with E-state index in [9.17, 15) is 4.79 Å². The van der Waals surface area contributed by atoms with E-state index in [-0.39, 0.29) is 11.9 Å². The Balaban J connectivity index is 1.24. The highest BCUT2D eigenvalue weighted by Gasteiger charge is 2.24. The third-order valence-corrected chi connectivity index (χ3v) is 6.30. The zero-order valence-corrected chi connectivity index (χ0v) is 18.6. The quantitative estimate of drug-likeness (QED) is 0.476. The van der Waals surface area contributed by atoms with E-state index in [1.54, 1.807) is 25.4 Å². The third-order valence-electron chi connectivity index (χ3n) is 6.30. The number of benzene rings is 2. The van der Waals surface area contributed by atoms with Crippen LogP contribution in [-0.4, -0.2) is 45.8 Å². The lowest BCUT2D eigenvalue weighted by molar-refractivity contribution is 0.102. The Kier molecular flexibility index (Phi) is 6.04. The molecule has 1 N–H and O–H groups in total. The average Bonchev–Trinajstić information content (AvgIpc) is 3.32. The number of hydrogen-bond acceptors (Lipinski definition) is 5. The number of likely N-dealkylation sites (tertiary alicyclic amines) is 1. The molecule has 0 unspecified atom stereocenters. The molecular weight excluding hydrogens is 414 g/mol. The van der Waals surface area contributed by atoms with Crippen molar-refractivity contribution in [3.63, 3.8) is 0 Å². The van der Waals surface area contributed by atoms with Gasteiger partial charge in [-0.05, 0) is 42.7 Å². The highest BCUT2D eigenvalue weighted by molar-refractivity contribution is 6.05. The maximum Gasteiger partial charge on any atom is 0.260 e. The Morgan fingerprint density at radius 2 is 1.88 bits per heavy atom. The molecule has 168 valence electrons. The highest BCUT2D eigenvalue weighted by Crippen LogP contribution is 2.28. The summed E-state index contributed by atoms with van der Waals surface area (Å²) < 4.78 is 7.28.